The molecule has 0 unspecified atom stereocenters. The highest BCUT2D eigenvalue weighted by molar-refractivity contribution is 6.11. The van der Waals surface area contributed by atoms with Gasteiger partial charge in [0.2, 0.25) is 0 Å². The highest BCUT2D eigenvalue weighted by atomic mass is 16.3. The Morgan fingerprint density at radius 2 is 1.00 bits per heavy atom. The van der Waals surface area contributed by atoms with Gasteiger partial charge in [0.25, 0.3) is 11.8 Å². The molecule has 0 saturated carbocycles. The first-order valence-electron chi connectivity index (χ1n) is 11.8. The molecule has 13 nitrogen and oxygen atoms in total. The number of hydrogen-bond acceptors (Lipinski definition) is 9. The Balaban J connectivity index is 1.11. The summed E-state index contributed by atoms with van der Waals surface area (Å²) in [5, 5.41) is 45.8. The average molecular weight is 534 g/mol. The number of ketones is 1. The van der Waals surface area contributed by atoms with Gasteiger partial charge in [0, 0.05) is 34.6 Å². The fourth-order valence-electron chi connectivity index (χ4n) is 4.10. The predicted octanol–water partition coefficient (Wildman–Crippen LogP) is 3.38. The van der Waals surface area contributed by atoms with E-state index in [0.717, 1.165) is 0 Å². The summed E-state index contributed by atoms with van der Waals surface area (Å²) >= 11 is 0. The number of fused-ring (bicyclic) bond motifs is 2. The number of anilines is 2. The first-order chi connectivity index (χ1) is 19.4. The smallest absolute Gasteiger partial charge is 0.259 e. The average Bonchev–Trinajstić information content (AvgIpc) is 3.61. The van der Waals surface area contributed by atoms with Crippen LogP contribution in [0.15, 0.2) is 72.8 Å². The number of amides is 2. The van der Waals surface area contributed by atoms with Crippen LogP contribution in [0.25, 0.3) is 22.1 Å². The summed E-state index contributed by atoms with van der Waals surface area (Å²) in [6.45, 7) is 0. The second-order valence-corrected chi connectivity index (χ2v) is 8.79. The molecule has 196 valence electrons. The molecule has 4 aromatic carbocycles. The zero-order valence-electron chi connectivity index (χ0n) is 20.3. The summed E-state index contributed by atoms with van der Waals surface area (Å²) in [6, 6.07) is 18.1. The van der Waals surface area contributed by atoms with Crippen molar-refractivity contribution >= 4 is 51.0 Å². The van der Waals surface area contributed by atoms with E-state index < -0.39 is 11.8 Å². The Bertz CT molecular complexity index is 1790. The van der Waals surface area contributed by atoms with Crippen molar-refractivity contribution in [1.82, 2.24) is 30.8 Å². The van der Waals surface area contributed by atoms with Gasteiger partial charge in [0.15, 0.2) is 5.78 Å². The lowest BCUT2D eigenvalue weighted by atomic mass is 10.0. The van der Waals surface area contributed by atoms with Crippen LogP contribution in [0, 0.1) is 0 Å². The highest BCUT2D eigenvalue weighted by Crippen LogP contribution is 2.25. The lowest BCUT2D eigenvalue weighted by molar-refractivity contribution is 0.101. The minimum Gasteiger partial charge on any atom is -0.507 e. The molecule has 0 aliphatic rings. The van der Waals surface area contributed by atoms with Crippen molar-refractivity contribution in [1.29, 1.82) is 0 Å². The van der Waals surface area contributed by atoms with Crippen LogP contribution in [0.4, 0.5) is 11.4 Å². The van der Waals surface area contributed by atoms with Crippen molar-refractivity contribution < 1.29 is 24.6 Å². The number of aromatic hydroxyl groups is 2. The third-order valence-electron chi connectivity index (χ3n) is 6.18. The number of carbonyl (C=O) groups is 3. The molecule has 40 heavy (non-hydrogen) atoms. The van der Waals surface area contributed by atoms with Gasteiger partial charge in [-0.05, 0) is 60.7 Å². The van der Waals surface area contributed by atoms with Gasteiger partial charge >= 0.3 is 0 Å². The Morgan fingerprint density at radius 1 is 0.600 bits per heavy atom. The monoisotopic (exact) mass is 534 g/mol. The number of phenolic OH excluding ortho intramolecular Hbond substituents is 2. The molecule has 0 bridgehead atoms. The number of rotatable bonds is 6. The fraction of sp³-hybridized carbons (Fsp3) is 0. The highest BCUT2D eigenvalue weighted by Gasteiger charge is 2.17. The summed E-state index contributed by atoms with van der Waals surface area (Å²) in [4.78, 5) is 38.3. The number of aromatic nitrogens is 6. The lowest BCUT2D eigenvalue weighted by Gasteiger charge is -2.09. The predicted molar refractivity (Wildman–Crippen MR) is 143 cm³/mol. The van der Waals surface area contributed by atoms with Crippen LogP contribution in [0.1, 0.15) is 36.6 Å². The summed E-state index contributed by atoms with van der Waals surface area (Å²) in [6.07, 6.45) is 0. The van der Waals surface area contributed by atoms with E-state index in [1.54, 1.807) is 48.5 Å². The molecule has 0 fully saturated rings. The number of phenols is 2. The van der Waals surface area contributed by atoms with Crippen LogP contribution in [-0.2, 0) is 0 Å². The molecule has 2 amide bonds. The molecular formula is C27H18N8O5. The van der Waals surface area contributed by atoms with Crippen molar-refractivity contribution in [3.05, 3.63) is 95.1 Å². The number of nitrogens with zero attached hydrogens (tertiary/aromatic N) is 4. The standard InChI is InChI=1S/C27H18N8O5/c36-23-11-21-19(30-34-32-21)9-17(23)26(39)28-15-5-1-13(2-6-15)25(38)14-3-7-16(8-4-14)29-27(40)18-10-20-22(12-24(18)37)33-35-31-20/h1-12,36-37H,(H,28,39)(H,29,40)(H,30,32,34)(H,31,33,35). The molecule has 2 aromatic heterocycles. The van der Waals surface area contributed by atoms with E-state index >= 15 is 0 Å². The van der Waals surface area contributed by atoms with Crippen molar-refractivity contribution in [2.75, 3.05) is 10.6 Å². The van der Waals surface area contributed by atoms with E-state index in [0.29, 0.717) is 44.6 Å². The van der Waals surface area contributed by atoms with E-state index in [1.807, 2.05) is 0 Å². The molecule has 6 rings (SSSR count). The van der Waals surface area contributed by atoms with E-state index in [1.165, 1.54) is 24.3 Å². The normalized spacial score (nSPS) is 11.0. The zero-order chi connectivity index (χ0) is 27.8. The maximum atomic E-state index is 13.0. The third kappa shape index (κ3) is 4.54. The first-order valence-corrected chi connectivity index (χ1v) is 11.8. The van der Waals surface area contributed by atoms with Gasteiger partial charge in [-0.25, -0.2) is 0 Å². The minimum absolute atomic E-state index is 0.0416. The summed E-state index contributed by atoms with van der Waals surface area (Å²) in [5.74, 6) is -1.82. The molecule has 0 spiro atoms. The number of carbonyl (C=O) groups excluding carboxylic acids is 3. The number of hydrogen-bond donors (Lipinski definition) is 6. The van der Waals surface area contributed by atoms with Crippen LogP contribution in [-0.4, -0.2) is 58.6 Å². The summed E-state index contributed by atoms with van der Waals surface area (Å²) in [7, 11) is 0. The van der Waals surface area contributed by atoms with Gasteiger partial charge in [-0.15, -0.1) is 10.2 Å². The zero-order valence-corrected chi connectivity index (χ0v) is 20.3. The number of benzene rings is 4. The number of nitrogens with one attached hydrogen (secondary N) is 4. The molecule has 0 radical (unpaired) electrons. The first kappa shape index (κ1) is 24.2. The molecule has 0 saturated heterocycles. The topological polar surface area (TPSA) is 199 Å². The SMILES string of the molecule is O=C(c1ccc(NC(=O)c2cc3[nH]nnc3cc2O)cc1)c1ccc(NC(=O)c2cc3[nH]nnc3cc2O)cc1. The van der Waals surface area contributed by atoms with Gasteiger partial charge in [-0.2, -0.15) is 0 Å². The van der Waals surface area contributed by atoms with Crippen molar-refractivity contribution in [3.63, 3.8) is 0 Å². The maximum Gasteiger partial charge on any atom is 0.259 e. The van der Waals surface area contributed by atoms with E-state index in [9.17, 15) is 24.6 Å². The molecule has 0 aliphatic heterocycles. The van der Waals surface area contributed by atoms with E-state index in [2.05, 4.69) is 41.5 Å². The lowest BCUT2D eigenvalue weighted by Crippen LogP contribution is -2.13. The Hall–Kier alpha value is -6.11. The Labute approximate surface area is 223 Å². The van der Waals surface area contributed by atoms with Gasteiger partial charge in [0.1, 0.15) is 22.5 Å². The molecular weight excluding hydrogens is 516 g/mol. The van der Waals surface area contributed by atoms with Gasteiger partial charge in [-0.3, -0.25) is 24.6 Å². The van der Waals surface area contributed by atoms with Crippen LogP contribution in [0.3, 0.4) is 0 Å². The second-order valence-electron chi connectivity index (χ2n) is 8.79. The molecule has 2 heterocycles. The van der Waals surface area contributed by atoms with Crippen molar-refractivity contribution in [2.45, 2.75) is 0 Å². The Morgan fingerprint density at radius 3 is 1.40 bits per heavy atom. The Kier molecular flexibility index (Phi) is 5.84. The summed E-state index contributed by atoms with van der Waals surface area (Å²) < 4.78 is 0. The second kappa shape index (κ2) is 9.64. The van der Waals surface area contributed by atoms with Crippen molar-refractivity contribution in [3.8, 4) is 11.5 Å². The van der Waals surface area contributed by atoms with Crippen LogP contribution in [0.5, 0.6) is 11.5 Å². The fourth-order valence-corrected chi connectivity index (χ4v) is 4.10. The van der Waals surface area contributed by atoms with E-state index in [-0.39, 0.29) is 28.4 Å². The van der Waals surface area contributed by atoms with Crippen molar-refractivity contribution in [2.24, 2.45) is 0 Å². The molecule has 0 atom stereocenters. The minimum atomic E-state index is -0.541. The molecule has 13 heteroatoms. The maximum absolute atomic E-state index is 13.0. The number of H-pyrrole nitrogens is 2. The summed E-state index contributed by atoms with van der Waals surface area (Å²) in [5.41, 5.74) is 3.56. The third-order valence-corrected chi connectivity index (χ3v) is 6.18. The van der Waals surface area contributed by atoms with Crippen LogP contribution < -0.4 is 10.6 Å². The molecule has 6 N–H and O–H groups in total. The quantitative estimate of drug-likeness (QED) is 0.173. The van der Waals surface area contributed by atoms with Gasteiger partial charge < -0.3 is 20.8 Å². The van der Waals surface area contributed by atoms with Crippen LogP contribution >= 0.6 is 0 Å². The van der Waals surface area contributed by atoms with E-state index in [4.69, 9.17) is 0 Å². The number of aromatic amines is 2. The van der Waals surface area contributed by atoms with Gasteiger partial charge in [-0.1, -0.05) is 10.4 Å². The molecule has 6 aromatic rings. The largest absolute Gasteiger partial charge is 0.507 e. The van der Waals surface area contributed by atoms with Gasteiger partial charge in [0.05, 0.1) is 22.2 Å². The molecule has 0 aliphatic carbocycles. The van der Waals surface area contributed by atoms with Crippen LogP contribution in [0.2, 0.25) is 0 Å².